The highest BCUT2D eigenvalue weighted by Gasteiger charge is 2.12. The minimum atomic E-state index is -1.46. The van der Waals surface area contributed by atoms with Crippen LogP contribution in [0.3, 0.4) is 0 Å². The van der Waals surface area contributed by atoms with Crippen molar-refractivity contribution >= 4 is 11.9 Å². The fourth-order valence-corrected chi connectivity index (χ4v) is 1.62. The number of nitrogens with one attached hydrogen (secondary N) is 1. The largest absolute Gasteiger partial charge is 0.484 e. The highest BCUT2D eigenvalue weighted by atomic mass is 16.5. The molecular formula is C15H21NO5. The van der Waals surface area contributed by atoms with E-state index < -0.39 is 12.1 Å². The standard InChI is InChI=1S/C15H21NO5/c1-10(2)11-3-5-12(6-4-11)21-9-14(18)16-8-7-13(17)15(19)20/h3-6,10,13,17H,7-9H2,1-2H3,(H,16,18)(H,19,20). The number of carbonyl (C=O) groups excluding carboxylic acids is 1. The van der Waals surface area contributed by atoms with Crippen LogP contribution in [0.2, 0.25) is 0 Å². The average molecular weight is 295 g/mol. The van der Waals surface area contributed by atoms with E-state index >= 15 is 0 Å². The van der Waals surface area contributed by atoms with Gasteiger partial charge in [0.15, 0.2) is 12.7 Å². The van der Waals surface area contributed by atoms with Gasteiger partial charge in [0.25, 0.3) is 5.91 Å². The smallest absolute Gasteiger partial charge is 0.332 e. The van der Waals surface area contributed by atoms with Crippen molar-refractivity contribution in [2.24, 2.45) is 0 Å². The van der Waals surface area contributed by atoms with Gasteiger partial charge in [0.1, 0.15) is 5.75 Å². The zero-order valence-electron chi connectivity index (χ0n) is 12.2. The molecule has 1 amide bonds. The van der Waals surface area contributed by atoms with E-state index in [2.05, 4.69) is 19.2 Å². The lowest BCUT2D eigenvalue weighted by Gasteiger charge is -2.10. The van der Waals surface area contributed by atoms with Crippen LogP contribution in [0.1, 0.15) is 31.7 Å². The van der Waals surface area contributed by atoms with Crippen LogP contribution in [-0.4, -0.2) is 41.3 Å². The second kappa shape index (κ2) is 8.26. The van der Waals surface area contributed by atoms with Gasteiger partial charge >= 0.3 is 5.97 Å². The van der Waals surface area contributed by atoms with Gasteiger partial charge in [-0.15, -0.1) is 0 Å². The number of benzene rings is 1. The van der Waals surface area contributed by atoms with Crippen LogP contribution in [0.15, 0.2) is 24.3 Å². The summed E-state index contributed by atoms with van der Waals surface area (Å²) in [5, 5.41) is 20.0. The third-order valence-corrected chi connectivity index (χ3v) is 2.94. The maximum absolute atomic E-state index is 11.5. The predicted molar refractivity (Wildman–Crippen MR) is 77.3 cm³/mol. The average Bonchev–Trinajstić information content (AvgIpc) is 2.45. The molecule has 0 fully saturated rings. The summed E-state index contributed by atoms with van der Waals surface area (Å²) in [6.07, 6.45) is -1.50. The number of aliphatic hydroxyl groups is 1. The van der Waals surface area contributed by atoms with Gasteiger partial charge in [-0.25, -0.2) is 4.79 Å². The molecule has 0 aromatic heterocycles. The van der Waals surface area contributed by atoms with E-state index in [1.54, 1.807) is 12.1 Å². The lowest BCUT2D eigenvalue weighted by molar-refractivity contribution is -0.147. The summed E-state index contributed by atoms with van der Waals surface area (Å²) >= 11 is 0. The van der Waals surface area contributed by atoms with E-state index in [4.69, 9.17) is 14.9 Å². The van der Waals surface area contributed by atoms with Crippen LogP contribution in [0.4, 0.5) is 0 Å². The first-order valence-corrected chi connectivity index (χ1v) is 6.80. The SMILES string of the molecule is CC(C)c1ccc(OCC(=O)NCCC(O)C(=O)O)cc1. The number of carbonyl (C=O) groups is 2. The van der Waals surface area contributed by atoms with Crippen molar-refractivity contribution in [3.63, 3.8) is 0 Å². The van der Waals surface area contributed by atoms with Gasteiger partial charge in [-0.3, -0.25) is 4.79 Å². The zero-order valence-corrected chi connectivity index (χ0v) is 12.2. The van der Waals surface area contributed by atoms with Crippen molar-refractivity contribution in [2.75, 3.05) is 13.2 Å². The van der Waals surface area contributed by atoms with Crippen molar-refractivity contribution in [3.8, 4) is 5.75 Å². The van der Waals surface area contributed by atoms with Gasteiger partial charge in [-0.1, -0.05) is 26.0 Å². The topological polar surface area (TPSA) is 95.9 Å². The van der Waals surface area contributed by atoms with Gasteiger partial charge in [0.2, 0.25) is 0 Å². The first-order valence-electron chi connectivity index (χ1n) is 6.80. The monoisotopic (exact) mass is 295 g/mol. The molecule has 6 heteroatoms. The minimum Gasteiger partial charge on any atom is -0.484 e. The van der Waals surface area contributed by atoms with Crippen LogP contribution in [0, 0.1) is 0 Å². The second-order valence-corrected chi connectivity index (χ2v) is 5.01. The van der Waals surface area contributed by atoms with Gasteiger partial charge in [0.05, 0.1) is 0 Å². The first kappa shape index (κ1) is 17.0. The molecule has 21 heavy (non-hydrogen) atoms. The third-order valence-electron chi connectivity index (χ3n) is 2.94. The summed E-state index contributed by atoms with van der Waals surface area (Å²) in [5.74, 6) is -0.630. The molecule has 1 atom stereocenters. The Labute approximate surface area is 123 Å². The minimum absolute atomic E-state index is 0.0375. The first-order chi connectivity index (χ1) is 9.90. The summed E-state index contributed by atoms with van der Waals surface area (Å²) in [6.45, 7) is 4.12. The van der Waals surface area contributed by atoms with Crippen molar-refractivity contribution in [1.82, 2.24) is 5.32 Å². The molecule has 0 spiro atoms. The molecule has 0 aliphatic rings. The summed E-state index contributed by atoms with van der Waals surface area (Å²) in [4.78, 5) is 21.9. The molecular weight excluding hydrogens is 274 g/mol. The highest BCUT2D eigenvalue weighted by Crippen LogP contribution is 2.18. The second-order valence-electron chi connectivity index (χ2n) is 5.01. The molecule has 1 rings (SSSR count). The molecule has 0 aliphatic carbocycles. The maximum Gasteiger partial charge on any atom is 0.332 e. The molecule has 1 aromatic rings. The molecule has 0 aliphatic heterocycles. The van der Waals surface area contributed by atoms with Gasteiger partial charge in [-0.2, -0.15) is 0 Å². The highest BCUT2D eigenvalue weighted by molar-refractivity contribution is 5.77. The molecule has 0 saturated carbocycles. The van der Waals surface area contributed by atoms with E-state index in [1.165, 1.54) is 5.56 Å². The van der Waals surface area contributed by atoms with Crippen molar-refractivity contribution < 1.29 is 24.5 Å². The molecule has 0 saturated heterocycles. The number of aliphatic carboxylic acids is 1. The third kappa shape index (κ3) is 6.27. The quantitative estimate of drug-likeness (QED) is 0.668. The van der Waals surface area contributed by atoms with Gasteiger partial charge in [0, 0.05) is 13.0 Å². The molecule has 1 unspecified atom stereocenters. The Morgan fingerprint density at radius 3 is 2.38 bits per heavy atom. The van der Waals surface area contributed by atoms with Crippen molar-refractivity contribution in [2.45, 2.75) is 32.3 Å². The number of amides is 1. The molecule has 0 radical (unpaired) electrons. The molecule has 0 heterocycles. The van der Waals surface area contributed by atoms with Crippen LogP contribution in [0.5, 0.6) is 5.75 Å². The van der Waals surface area contributed by atoms with E-state index in [0.717, 1.165) is 0 Å². The van der Waals surface area contributed by atoms with E-state index in [9.17, 15) is 9.59 Å². The van der Waals surface area contributed by atoms with E-state index in [0.29, 0.717) is 11.7 Å². The summed E-state index contributed by atoms with van der Waals surface area (Å²) < 4.78 is 5.32. The van der Waals surface area contributed by atoms with Crippen LogP contribution in [-0.2, 0) is 9.59 Å². The predicted octanol–water partition coefficient (Wildman–Crippen LogP) is 1.14. The summed E-state index contributed by atoms with van der Waals surface area (Å²) in [7, 11) is 0. The number of ether oxygens (including phenoxy) is 1. The number of hydrogen-bond donors (Lipinski definition) is 3. The van der Waals surface area contributed by atoms with Crippen molar-refractivity contribution in [3.05, 3.63) is 29.8 Å². The van der Waals surface area contributed by atoms with Crippen LogP contribution < -0.4 is 10.1 Å². The number of carboxylic acids is 1. The normalized spacial score (nSPS) is 12.0. The zero-order chi connectivity index (χ0) is 15.8. The fourth-order valence-electron chi connectivity index (χ4n) is 1.62. The van der Waals surface area contributed by atoms with Gasteiger partial charge in [-0.05, 0) is 23.6 Å². The van der Waals surface area contributed by atoms with E-state index in [-0.39, 0.29) is 25.5 Å². The van der Waals surface area contributed by atoms with Crippen LogP contribution in [0.25, 0.3) is 0 Å². The number of carboxylic acid groups (broad SMARTS) is 1. The Morgan fingerprint density at radius 2 is 1.86 bits per heavy atom. The van der Waals surface area contributed by atoms with E-state index in [1.807, 2.05) is 12.1 Å². The molecule has 3 N–H and O–H groups in total. The Balaban J connectivity index is 2.28. The summed E-state index contributed by atoms with van der Waals surface area (Å²) in [6, 6.07) is 7.50. The number of aliphatic hydroxyl groups excluding tert-OH is 1. The van der Waals surface area contributed by atoms with Gasteiger partial charge < -0.3 is 20.3 Å². The lowest BCUT2D eigenvalue weighted by atomic mass is 10.0. The number of hydrogen-bond acceptors (Lipinski definition) is 4. The number of rotatable bonds is 8. The maximum atomic E-state index is 11.5. The molecule has 116 valence electrons. The molecule has 0 bridgehead atoms. The Morgan fingerprint density at radius 1 is 1.24 bits per heavy atom. The Hall–Kier alpha value is -2.08. The Bertz CT molecular complexity index is 469. The molecule has 6 nitrogen and oxygen atoms in total. The van der Waals surface area contributed by atoms with Crippen LogP contribution >= 0.6 is 0 Å². The molecule has 1 aromatic carbocycles. The van der Waals surface area contributed by atoms with Crippen molar-refractivity contribution in [1.29, 1.82) is 0 Å². The Kier molecular flexibility index (Phi) is 6.68. The summed E-state index contributed by atoms with van der Waals surface area (Å²) in [5.41, 5.74) is 1.19. The fraction of sp³-hybridized carbons (Fsp3) is 0.467. The lowest BCUT2D eigenvalue weighted by Crippen LogP contribution is -2.33.